The van der Waals surface area contributed by atoms with Crippen molar-refractivity contribution in [2.24, 2.45) is 0 Å². The smallest absolute Gasteiger partial charge is 0.131 e. The topological polar surface area (TPSA) is 31.4 Å². The van der Waals surface area contributed by atoms with Crippen molar-refractivity contribution in [2.75, 3.05) is 29.4 Å². The highest BCUT2D eigenvalue weighted by atomic mass is 35.5. The van der Waals surface area contributed by atoms with Gasteiger partial charge >= 0.3 is 0 Å². The maximum Gasteiger partial charge on any atom is 0.131 e. The third-order valence-electron chi connectivity index (χ3n) is 6.15. The zero-order chi connectivity index (χ0) is 22.7. The fourth-order valence-electron chi connectivity index (χ4n) is 4.61. The first kappa shape index (κ1) is 25.6. The maximum absolute atomic E-state index is 6.08. The van der Waals surface area contributed by atoms with Crippen LogP contribution in [0.5, 0.6) is 0 Å². The summed E-state index contributed by atoms with van der Waals surface area (Å²) in [5, 5.41) is 5.79. The molecule has 1 saturated heterocycles. The number of halogens is 2. The average molecular weight is 488 g/mol. The molecule has 0 unspecified atom stereocenters. The number of pyridine rings is 1. The second kappa shape index (κ2) is 10.9. The summed E-state index contributed by atoms with van der Waals surface area (Å²) in [6.07, 6.45) is 2.32. The van der Waals surface area contributed by atoms with Gasteiger partial charge in [0.1, 0.15) is 5.82 Å². The summed E-state index contributed by atoms with van der Waals surface area (Å²) in [6, 6.07) is 19.5. The predicted molar refractivity (Wildman–Crippen MR) is 145 cm³/mol. The van der Waals surface area contributed by atoms with Gasteiger partial charge in [-0.05, 0) is 64.3 Å². The maximum atomic E-state index is 6.08. The molecular formula is C27H36Cl2N4. The molecule has 2 heterocycles. The monoisotopic (exact) mass is 486 g/mol. The number of anilines is 2. The molecule has 1 aromatic heterocycles. The molecule has 33 heavy (non-hydrogen) atoms. The number of nitrogens with one attached hydrogen (secondary N) is 1. The zero-order valence-electron chi connectivity index (χ0n) is 20.1. The van der Waals surface area contributed by atoms with Crippen molar-refractivity contribution in [3.05, 3.63) is 65.2 Å². The Morgan fingerprint density at radius 1 is 1.06 bits per heavy atom. The molecule has 6 heteroatoms. The molecule has 0 atom stereocenters. The number of para-hydroxylation sites is 1. The van der Waals surface area contributed by atoms with Gasteiger partial charge in [0.15, 0.2) is 0 Å². The first-order valence-electron chi connectivity index (χ1n) is 11.7. The van der Waals surface area contributed by atoms with Crippen molar-refractivity contribution in [3.8, 4) is 0 Å². The summed E-state index contributed by atoms with van der Waals surface area (Å²) in [5.74, 6) is 1.03. The minimum atomic E-state index is 0. The summed E-state index contributed by atoms with van der Waals surface area (Å²) < 4.78 is 0. The summed E-state index contributed by atoms with van der Waals surface area (Å²) in [7, 11) is 0. The molecule has 0 bridgehead atoms. The number of nitrogens with zero attached hydrogens (tertiary/aromatic N) is 3. The lowest BCUT2D eigenvalue weighted by molar-refractivity contribution is 0.317. The fraction of sp³-hybridized carbons (Fsp3) is 0.444. The minimum Gasteiger partial charge on any atom is -0.371 e. The SMILES string of the molecule is CCN(Cc1ccc(Cl)cc1)c1cc(N2CCC(NC(C)(C)C)CC2)c2ccccc2n1.Cl. The molecule has 4 nitrogen and oxygen atoms in total. The van der Waals surface area contributed by atoms with Crippen LogP contribution in [0.4, 0.5) is 11.5 Å². The van der Waals surface area contributed by atoms with E-state index in [0.29, 0.717) is 6.04 Å². The van der Waals surface area contributed by atoms with Crippen LogP contribution in [0.1, 0.15) is 46.1 Å². The van der Waals surface area contributed by atoms with Gasteiger partial charge in [0.25, 0.3) is 0 Å². The normalized spacial score (nSPS) is 14.9. The molecule has 2 aromatic carbocycles. The van der Waals surface area contributed by atoms with E-state index in [2.05, 4.69) is 85.3 Å². The molecule has 1 fully saturated rings. The van der Waals surface area contributed by atoms with Crippen LogP contribution in [0, 0.1) is 0 Å². The van der Waals surface area contributed by atoms with Gasteiger partial charge in [-0.2, -0.15) is 0 Å². The van der Waals surface area contributed by atoms with E-state index in [1.165, 1.54) is 16.6 Å². The lowest BCUT2D eigenvalue weighted by atomic mass is 9.99. The van der Waals surface area contributed by atoms with Gasteiger partial charge in [0, 0.05) is 59.9 Å². The van der Waals surface area contributed by atoms with Crippen molar-refractivity contribution in [1.29, 1.82) is 0 Å². The van der Waals surface area contributed by atoms with Gasteiger partial charge < -0.3 is 15.1 Å². The van der Waals surface area contributed by atoms with Crippen LogP contribution < -0.4 is 15.1 Å². The van der Waals surface area contributed by atoms with Crippen LogP contribution in [0.15, 0.2) is 54.6 Å². The van der Waals surface area contributed by atoms with E-state index in [9.17, 15) is 0 Å². The Balaban J connectivity index is 0.00000306. The molecule has 1 aliphatic rings. The van der Waals surface area contributed by atoms with Crippen LogP contribution >= 0.6 is 24.0 Å². The molecule has 4 rings (SSSR count). The molecular weight excluding hydrogens is 451 g/mol. The van der Waals surface area contributed by atoms with E-state index in [4.69, 9.17) is 16.6 Å². The van der Waals surface area contributed by atoms with Gasteiger partial charge in [0.05, 0.1) is 5.52 Å². The zero-order valence-corrected chi connectivity index (χ0v) is 21.7. The van der Waals surface area contributed by atoms with E-state index >= 15 is 0 Å². The van der Waals surface area contributed by atoms with Crippen molar-refractivity contribution in [3.63, 3.8) is 0 Å². The van der Waals surface area contributed by atoms with Crippen LogP contribution in [-0.4, -0.2) is 36.2 Å². The molecule has 1 aliphatic heterocycles. The highest BCUT2D eigenvalue weighted by Crippen LogP contribution is 2.32. The van der Waals surface area contributed by atoms with Gasteiger partial charge in [-0.3, -0.25) is 0 Å². The van der Waals surface area contributed by atoms with Gasteiger partial charge in [-0.25, -0.2) is 4.98 Å². The van der Waals surface area contributed by atoms with Gasteiger partial charge in [-0.1, -0.05) is 41.9 Å². The number of fused-ring (bicyclic) bond motifs is 1. The summed E-state index contributed by atoms with van der Waals surface area (Å²) in [6.45, 7) is 12.8. The first-order chi connectivity index (χ1) is 15.3. The molecule has 178 valence electrons. The second-order valence-corrected chi connectivity index (χ2v) is 10.2. The average Bonchev–Trinajstić information content (AvgIpc) is 2.77. The Labute approximate surface area is 209 Å². The molecule has 0 spiro atoms. The van der Waals surface area contributed by atoms with E-state index in [1.807, 2.05) is 12.1 Å². The standard InChI is InChI=1S/C27H35ClN4.ClH/c1-5-31(19-20-10-12-21(28)13-11-20)26-18-25(23-8-6-7-9-24(23)29-26)32-16-14-22(15-17-32)30-27(2,3)4;/h6-13,18,22,30H,5,14-17,19H2,1-4H3;1H. The number of aromatic nitrogens is 1. The lowest BCUT2D eigenvalue weighted by Gasteiger charge is -2.38. The highest BCUT2D eigenvalue weighted by molar-refractivity contribution is 6.30. The number of hydrogen-bond acceptors (Lipinski definition) is 4. The molecule has 0 saturated carbocycles. The third kappa shape index (κ3) is 6.53. The Bertz CT molecular complexity index is 1040. The Morgan fingerprint density at radius 3 is 2.36 bits per heavy atom. The van der Waals surface area contributed by atoms with Gasteiger partial charge in [0.2, 0.25) is 0 Å². The Morgan fingerprint density at radius 2 is 1.73 bits per heavy atom. The Kier molecular flexibility index (Phi) is 8.49. The molecule has 0 amide bonds. The van der Waals surface area contributed by atoms with E-state index in [1.54, 1.807) is 0 Å². The highest BCUT2D eigenvalue weighted by Gasteiger charge is 2.24. The van der Waals surface area contributed by atoms with E-state index in [0.717, 1.165) is 55.4 Å². The van der Waals surface area contributed by atoms with Crippen LogP contribution in [0.25, 0.3) is 10.9 Å². The lowest BCUT2D eigenvalue weighted by Crippen LogP contribution is -2.49. The third-order valence-corrected chi connectivity index (χ3v) is 6.40. The van der Waals surface area contributed by atoms with E-state index in [-0.39, 0.29) is 17.9 Å². The molecule has 3 aromatic rings. The van der Waals surface area contributed by atoms with E-state index < -0.39 is 0 Å². The minimum absolute atomic E-state index is 0. The first-order valence-corrected chi connectivity index (χ1v) is 12.1. The van der Waals surface area contributed by atoms with Crippen molar-refractivity contribution in [1.82, 2.24) is 10.3 Å². The number of rotatable bonds is 6. The second-order valence-electron chi connectivity index (χ2n) is 9.81. The van der Waals surface area contributed by atoms with Crippen LogP contribution in [-0.2, 0) is 6.54 Å². The summed E-state index contributed by atoms with van der Waals surface area (Å²) in [4.78, 5) is 9.93. The van der Waals surface area contributed by atoms with Crippen LogP contribution in [0.3, 0.4) is 0 Å². The number of benzene rings is 2. The van der Waals surface area contributed by atoms with Crippen molar-refractivity contribution < 1.29 is 0 Å². The molecule has 0 aliphatic carbocycles. The predicted octanol–water partition coefficient (Wildman–Crippen LogP) is 6.69. The van der Waals surface area contributed by atoms with Crippen molar-refractivity contribution >= 4 is 46.4 Å². The number of piperidine rings is 1. The Hall–Kier alpha value is -2.01. The van der Waals surface area contributed by atoms with Crippen molar-refractivity contribution in [2.45, 2.75) is 58.7 Å². The quantitative estimate of drug-likeness (QED) is 0.420. The van der Waals surface area contributed by atoms with Gasteiger partial charge in [-0.15, -0.1) is 12.4 Å². The summed E-state index contributed by atoms with van der Waals surface area (Å²) in [5.41, 5.74) is 3.76. The largest absolute Gasteiger partial charge is 0.371 e. The number of hydrogen-bond donors (Lipinski definition) is 1. The molecule has 1 N–H and O–H groups in total. The summed E-state index contributed by atoms with van der Waals surface area (Å²) >= 11 is 6.08. The van der Waals surface area contributed by atoms with Crippen LogP contribution in [0.2, 0.25) is 5.02 Å². The molecule has 0 radical (unpaired) electrons. The fourth-order valence-corrected chi connectivity index (χ4v) is 4.74.